The van der Waals surface area contributed by atoms with Crippen molar-refractivity contribution in [2.45, 2.75) is 19.5 Å². The van der Waals surface area contributed by atoms with E-state index in [4.69, 9.17) is 13.9 Å². The van der Waals surface area contributed by atoms with Gasteiger partial charge in [-0.15, -0.1) is 24.0 Å². The zero-order chi connectivity index (χ0) is 19.8. The van der Waals surface area contributed by atoms with Crippen LogP contribution in [0.3, 0.4) is 0 Å². The summed E-state index contributed by atoms with van der Waals surface area (Å²) in [5.74, 6) is 3.50. The molecular weight excluding hydrogens is 483 g/mol. The fourth-order valence-corrected chi connectivity index (χ4v) is 3.31. The number of benzene rings is 1. The number of furan rings is 1. The number of aliphatic imine (C=N–C) groups is 1. The molecule has 8 heteroatoms. The second kappa shape index (κ2) is 12.0. The third-order valence-corrected chi connectivity index (χ3v) is 4.86. The third-order valence-electron chi connectivity index (χ3n) is 4.86. The second-order valence-corrected chi connectivity index (χ2v) is 6.77. The molecule has 29 heavy (non-hydrogen) atoms. The van der Waals surface area contributed by atoms with Gasteiger partial charge in [0.15, 0.2) is 5.96 Å². The van der Waals surface area contributed by atoms with E-state index in [1.54, 1.807) is 14.2 Å². The summed E-state index contributed by atoms with van der Waals surface area (Å²) in [6, 6.07) is 12.2. The van der Waals surface area contributed by atoms with Gasteiger partial charge < -0.3 is 24.5 Å². The summed E-state index contributed by atoms with van der Waals surface area (Å²) in [7, 11) is 3.46. The highest BCUT2D eigenvalue weighted by atomic mass is 127. The van der Waals surface area contributed by atoms with Gasteiger partial charge in [0, 0.05) is 33.2 Å². The molecule has 160 valence electrons. The summed E-state index contributed by atoms with van der Waals surface area (Å²) in [5.41, 5.74) is 1.13. The van der Waals surface area contributed by atoms with E-state index in [0.717, 1.165) is 55.1 Å². The topological polar surface area (TPSA) is 71.3 Å². The summed E-state index contributed by atoms with van der Waals surface area (Å²) in [6.45, 7) is 6.62. The van der Waals surface area contributed by atoms with E-state index in [0.29, 0.717) is 13.1 Å². The molecule has 2 aromatic rings. The first-order chi connectivity index (χ1) is 13.7. The maximum atomic E-state index is 5.92. The minimum absolute atomic E-state index is 0. The molecule has 0 saturated carbocycles. The molecule has 0 aliphatic carbocycles. The number of aryl methyl sites for hydroxylation is 1. The summed E-state index contributed by atoms with van der Waals surface area (Å²) in [5, 5.41) is 6.80. The number of halogens is 1. The quantitative estimate of drug-likeness (QED) is 0.337. The summed E-state index contributed by atoms with van der Waals surface area (Å²) < 4.78 is 16.7. The van der Waals surface area contributed by atoms with Gasteiger partial charge in [-0.3, -0.25) is 9.89 Å². The highest BCUT2D eigenvalue weighted by Crippen LogP contribution is 2.23. The van der Waals surface area contributed by atoms with Crippen LogP contribution >= 0.6 is 24.0 Å². The number of hydrogen-bond donors (Lipinski definition) is 2. The molecule has 1 aliphatic rings. The fourth-order valence-electron chi connectivity index (χ4n) is 3.31. The lowest BCUT2D eigenvalue weighted by atomic mass is 10.1. The van der Waals surface area contributed by atoms with Gasteiger partial charge in [0.2, 0.25) is 0 Å². The molecule has 1 saturated heterocycles. The standard InChI is InChI=1S/C21H30N4O3.HI/c1-16-7-8-20(28-16)19(25-9-11-27-12-10-25)15-24-21(22-2)23-14-17-5-4-6-18(13-17)26-3;/h4-8,13,19H,9-12,14-15H2,1-3H3,(H2,22,23,24);1H. The number of rotatable bonds is 7. The molecule has 2 N–H and O–H groups in total. The molecular formula is C21H31IN4O3. The highest BCUT2D eigenvalue weighted by molar-refractivity contribution is 14.0. The Balaban J connectivity index is 0.00000300. The van der Waals surface area contributed by atoms with Crippen LogP contribution in [0.5, 0.6) is 5.75 Å². The first-order valence-electron chi connectivity index (χ1n) is 9.65. The Morgan fingerprint density at radius 3 is 2.66 bits per heavy atom. The maximum absolute atomic E-state index is 5.92. The van der Waals surface area contributed by atoms with Gasteiger partial charge in [0.1, 0.15) is 17.3 Å². The number of ether oxygens (including phenoxy) is 2. The fraction of sp³-hybridized carbons (Fsp3) is 0.476. The normalized spacial score (nSPS) is 16.0. The molecule has 3 rings (SSSR count). The lowest BCUT2D eigenvalue weighted by Crippen LogP contribution is -2.46. The second-order valence-electron chi connectivity index (χ2n) is 6.77. The Morgan fingerprint density at radius 2 is 2.00 bits per heavy atom. The number of methoxy groups -OCH3 is 1. The van der Waals surface area contributed by atoms with Crippen LogP contribution in [0.15, 0.2) is 45.8 Å². The molecule has 1 atom stereocenters. The lowest BCUT2D eigenvalue weighted by Gasteiger charge is -2.33. The summed E-state index contributed by atoms with van der Waals surface area (Å²) >= 11 is 0. The van der Waals surface area contributed by atoms with Crippen LogP contribution < -0.4 is 15.4 Å². The molecule has 2 heterocycles. The van der Waals surface area contributed by atoms with Crippen LogP contribution in [0.4, 0.5) is 0 Å². The predicted octanol–water partition coefficient (Wildman–Crippen LogP) is 2.95. The molecule has 7 nitrogen and oxygen atoms in total. The first-order valence-corrected chi connectivity index (χ1v) is 9.65. The van der Waals surface area contributed by atoms with Crippen molar-refractivity contribution in [3.8, 4) is 5.75 Å². The van der Waals surface area contributed by atoms with Gasteiger partial charge >= 0.3 is 0 Å². The van der Waals surface area contributed by atoms with Gasteiger partial charge in [-0.2, -0.15) is 0 Å². The minimum Gasteiger partial charge on any atom is -0.497 e. The third kappa shape index (κ3) is 6.90. The van der Waals surface area contributed by atoms with E-state index >= 15 is 0 Å². The minimum atomic E-state index is 0. The van der Waals surface area contributed by atoms with Crippen LogP contribution in [-0.2, 0) is 11.3 Å². The van der Waals surface area contributed by atoms with Crippen molar-refractivity contribution in [3.05, 3.63) is 53.5 Å². The Kier molecular flexibility index (Phi) is 9.75. The van der Waals surface area contributed by atoms with Crippen molar-refractivity contribution in [2.24, 2.45) is 4.99 Å². The van der Waals surface area contributed by atoms with Crippen LogP contribution in [0, 0.1) is 6.92 Å². The van der Waals surface area contributed by atoms with E-state index in [1.165, 1.54) is 0 Å². The molecule has 0 radical (unpaired) electrons. The van der Waals surface area contributed by atoms with Crippen LogP contribution in [0.25, 0.3) is 0 Å². The molecule has 1 aromatic heterocycles. The van der Waals surface area contributed by atoms with Crippen molar-refractivity contribution in [1.82, 2.24) is 15.5 Å². The average molecular weight is 514 g/mol. The van der Waals surface area contributed by atoms with Gasteiger partial charge in [-0.05, 0) is 36.8 Å². The molecule has 1 aliphatic heterocycles. The van der Waals surface area contributed by atoms with Gasteiger partial charge in [-0.1, -0.05) is 12.1 Å². The number of nitrogens with zero attached hydrogens (tertiary/aromatic N) is 2. The van der Waals surface area contributed by atoms with Crippen LogP contribution in [0.1, 0.15) is 23.1 Å². The molecule has 1 unspecified atom stereocenters. The SMILES string of the molecule is CN=C(NCc1cccc(OC)c1)NCC(c1ccc(C)o1)N1CCOCC1.I. The number of nitrogens with one attached hydrogen (secondary N) is 2. The Bertz CT molecular complexity index is 775. The summed E-state index contributed by atoms with van der Waals surface area (Å²) in [4.78, 5) is 6.74. The molecule has 1 fully saturated rings. The first kappa shape index (κ1) is 23.5. The number of hydrogen-bond acceptors (Lipinski definition) is 5. The summed E-state index contributed by atoms with van der Waals surface area (Å²) in [6.07, 6.45) is 0. The van der Waals surface area contributed by atoms with E-state index < -0.39 is 0 Å². The zero-order valence-corrected chi connectivity index (χ0v) is 19.6. The number of guanidine groups is 1. The van der Waals surface area contributed by atoms with Crippen molar-refractivity contribution in [3.63, 3.8) is 0 Å². The molecule has 0 spiro atoms. The van der Waals surface area contributed by atoms with Crippen molar-refractivity contribution < 1.29 is 13.9 Å². The van der Waals surface area contributed by atoms with E-state index in [2.05, 4.69) is 32.7 Å². The van der Waals surface area contributed by atoms with Crippen molar-refractivity contribution >= 4 is 29.9 Å². The van der Waals surface area contributed by atoms with Gasteiger partial charge in [-0.25, -0.2) is 0 Å². The van der Waals surface area contributed by atoms with Crippen LogP contribution in [-0.4, -0.2) is 57.9 Å². The van der Waals surface area contributed by atoms with Gasteiger partial charge in [0.25, 0.3) is 0 Å². The Morgan fingerprint density at radius 1 is 1.21 bits per heavy atom. The number of morpholine rings is 1. The Hall–Kier alpha value is -1.78. The van der Waals surface area contributed by atoms with E-state index in [9.17, 15) is 0 Å². The average Bonchev–Trinajstić information content (AvgIpc) is 3.17. The zero-order valence-electron chi connectivity index (χ0n) is 17.3. The monoisotopic (exact) mass is 514 g/mol. The van der Waals surface area contributed by atoms with Gasteiger partial charge in [0.05, 0.1) is 26.4 Å². The highest BCUT2D eigenvalue weighted by Gasteiger charge is 2.25. The molecule has 1 aromatic carbocycles. The van der Waals surface area contributed by atoms with Crippen LogP contribution in [0.2, 0.25) is 0 Å². The smallest absolute Gasteiger partial charge is 0.191 e. The maximum Gasteiger partial charge on any atom is 0.191 e. The lowest BCUT2D eigenvalue weighted by molar-refractivity contribution is 0.0124. The Labute approximate surface area is 189 Å². The molecule has 0 amide bonds. The van der Waals surface area contributed by atoms with E-state index in [-0.39, 0.29) is 30.0 Å². The predicted molar refractivity (Wildman–Crippen MR) is 125 cm³/mol. The molecule has 0 bridgehead atoms. The largest absolute Gasteiger partial charge is 0.497 e. The van der Waals surface area contributed by atoms with E-state index in [1.807, 2.05) is 31.2 Å². The van der Waals surface area contributed by atoms with Crippen molar-refractivity contribution in [2.75, 3.05) is 47.0 Å². The van der Waals surface area contributed by atoms with Crippen molar-refractivity contribution in [1.29, 1.82) is 0 Å².